The van der Waals surface area contributed by atoms with Crippen LogP contribution in [0.1, 0.15) is 5.56 Å². The first kappa shape index (κ1) is 19.5. The quantitative estimate of drug-likeness (QED) is 0.183. The second kappa shape index (κ2) is 9.57. The zero-order valence-electron chi connectivity index (χ0n) is 12.8. The van der Waals surface area contributed by atoms with Gasteiger partial charge in [0.05, 0.1) is 13.2 Å². The molecular formula is C14H20N4O6. The lowest BCUT2D eigenvalue weighted by Gasteiger charge is -2.19. The van der Waals surface area contributed by atoms with E-state index >= 15 is 0 Å². The van der Waals surface area contributed by atoms with Crippen LogP contribution in [0, 0.1) is 0 Å². The van der Waals surface area contributed by atoms with Crippen LogP contribution in [-0.2, 0) is 25.8 Å². The van der Waals surface area contributed by atoms with Crippen LogP contribution in [0.3, 0.4) is 0 Å². The molecule has 2 atom stereocenters. The van der Waals surface area contributed by atoms with Gasteiger partial charge in [-0.3, -0.25) is 19.2 Å². The highest BCUT2D eigenvalue weighted by Gasteiger charge is 2.16. The molecule has 2 unspecified atom stereocenters. The number of hydroxylamine groups is 1. The summed E-state index contributed by atoms with van der Waals surface area (Å²) in [6.07, 6.45) is 0.503. The summed E-state index contributed by atoms with van der Waals surface area (Å²) in [5, 5.41) is 17.4. The summed E-state index contributed by atoms with van der Waals surface area (Å²) in [5.41, 5.74) is 14.4. The van der Waals surface area contributed by atoms with Crippen LogP contribution < -0.4 is 21.8 Å². The molecule has 0 aliphatic carbocycles. The van der Waals surface area contributed by atoms with E-state index in [4.69, 9.17) is 26.5 Å². The lowest BCUT2D eigenvalue weighted by Crippen LogP contribution is -2.42. The van der Waals surface area contributed by atoms with Gasteiger partial charge in [-0.05, 0) is 17.7 Å². The van der Waals surface area contributed by atoms with Crippen molar-refractivity contribution in [3.63, 3.8) is 0 Å². The molecule has 0 spiro atoms. The maximum atomic E-state index is 11.1. The minimum Gasteiger partial charge on any atom is -0.480 e. The van der Waals surface area contributed by atoms with Gasteiger partial charge in [-0.1, -0.05) is 12.1 Å². The molecule has 0 saturated heterocycles. The number of amides is 1. The average Bonchev–Trinajstić information content (AvgIpc) is 2.56. The molecule has 1 aromatic rings. The normalized spacial score (nSPS) is 13.1. The van der Waals surface area contributed by atoms with Crippen molar-refractivity contribution in [2.75, 3.05) is 18.0 Å². The number of carbonyl (C=O) groups excluding carboxylic acids is 1. The smallest absolute Gasteiger partial charge is 0.322 e. The topological polar surface area (TPSA) is 168 Å². The summed E-state index contributed by atoms with van der Waals surface area (Å²) < 4.78 is 0. The van der Waals surface area contributed by atoms with Gasteiger partial charge in [-0.2, -0.15) is 0 Å². The summed E-state index contributed by atoms with van der Waals surface area (Å²) in [6.45, 7) is -0.0366. The Labute approximate surface area is 137 Å². The molecule has 0 bridgehead atoms. The van der Waals surface area contributed by atoms with E-state index in [1.807, 2.05) is 0 Å². The highest BCUT2D eigenvalue weighted by atomic mass is 16.6. The molecule has 7 N–H and O–H groups in total. The standard InChI is InChI=1S/C14H20N4O6/c15-11(13(20)21)5-17-24-7-9-1-3-10(4-2-9)18(8-19)6-12(16)14(22)23/h1-4,8,11-12,17H,5-7,15-16H2,(H,20,21)(H,22,23). The minimum absolute atomic E-state index is 0.0422. The van der Waals surface area contributed by atoms with Gasteiger partial charge >= 0.3 is 11.9 Å². The van der Waals surface area contributed by atoms with Gasteiger partial charge in [-0.15, -0.1) is 0 Å². The number of aliphatic carboxylic acids is 2. The second-order valence-electron chi connectivity index (χ2n) is 4.95. The molecular weight excluding hydrogens is 320 g/mol. The first-order chi connectivity index (χ1) is 11.3. The van der Waals surface area contributed by atoms with Gasteiger partial charge in [0.15, 0.2) is 0 Å². The Hall–Kier alpha value is -2.53. The number of nitrogens with two attached hydrogens (primary N) is 2. The van der Waals surface area contributed by atoms with E-state index < -0.39 is 24.0 Å². The third kappa shape index (κ3) is 6.30. The van der Waals surface area contributed by atoms with Crippen molar-refractivity contribution in [2.24, 2.45) is 11.5 Å². The van der Waals surface area contributed by atoms with E-state index in [1.165, 1.54) is 4.90 Å². The lowest BCUT2D eigenvalue weighted by molar-refractivity contribution is -0.139. The van der Waals surface area contributed by atoms with Crippen LogP contribution >= 0.6 is 0 Å². The maximum absolute atomic E-state index is 11.1. The summed E-state index contributed by atoms with van der Waals surface area (Å²) in [6, 6.07) is 4.34. The predicted octanol–water partition coefficient (Wildman–Crippen LogP) is -1.51. The predicted molar refractivity (Wildman–Crippen MR) is 83.9 cm³/mol. The summed E-state index contributed by atoms with van der Waals surface area (Å²) in [5.74, 6) is -2.33. The summed E-state index contributed by atoms with van der Waals surface area (Å²) in [4.78, 5) is 38.6. The zero-order chi connectivity index (χ0) is 18.1. The first-order valence-electron chi connectivity index (χ1n) is 6.97. The van der Waals surface area contributed by atoms with Crippen molar-refractivity contribution in [3.05, 3.63) is 29.8 Å². The fraction of sp³-hybridized carbons (Fsp3) is 0.357. The molecule has 1 aromatic carbocycles. The lowest BCUT2D eigenvalue weighted by atomic mass is 10.2. The van der Waals surface area contributed by atoms with Gasteiger partial charge in [0.2, 0.25) is 6.41 Å². The molecule has 0 radical (unpaired) electrons. The van der Waals surface area contributed by atoms with Crippen molar-refractivity contribution in [2.45, 2.75) is 18.7 Å². The van der Waals surface area contributed by atoms with Crippen LogP contribution in [0.4, 0.5) is 5.69 Å². The number of carboxylic acid groups (broad SMARTS) is 2. The van der Waals surface area contributed by atoms with Gasteiger partial charge in [0.25, 0.3) is 0 Å². The van der Waals surface area contributed by atoms with Crippen LogP contribution in [-0.4, -0.2) is 53.7 Å². The number of carboxylic acids is 2. The molecule has 10 heteroatoms. The Kier molecular flexibility index (Phi) is 7.79. The van der Waals surface area contributed by atoms with Crippen molar-refractivity contribution in [1.82, 2.24) is 5.48 Å². The highest BCUT2D eigenvalue weighted by Crippen LogP contribution is 2.14. The molecule has 0 aromatic heterocycles. The molecule has 0 fully saturated rings. The SMILES string of the molecule is NC(CNOCc1ccc(N(C=O)CC(N)C(=O)O)cc1)C(=O)O. The Morgan fingerprint density at radius 3 is 2.25 bits per heavy atom. The van der Waals surface area contributed by atoms with E-state index in [0.717, 1.165) is 5.56 Å². The number of anilines is 1. The van der Waals surface area contributed by atoms with Gasteiger partial charge in [0, 0.05) is 12.2 Å². The van der Waals surface area contributed by atoms with E-state index in [-0.39, 0.29) is 19.7 Å². The van der Waals surface area contributed by atoms with Crippen LogP contribution in [0.2, 0.25) is 0 Å². The van der Waals surface area contributed by atoms with Crippen LogP contribution in [0.15, 0.2) is 24.3 Å². The third-order valence-electron chi connectivity index (χ3n) is 3.07. The van der Waals surface area contributed by atoms with Gasteiger partial charge in [0.1, 0.15) is 12.1 Å². The van der Waals surface area contributed by atoms with Gasteiger partial charge < -0.3 is 26.6 Å². The Morgan fingerprint density at radius 1 is 1.17 bits per heavy atom. The summed E-state index contributed by atoms with van der Waals surface area (Å²) in [7, 11) is 0. The number of nitrogens with one attached hydrogen (secondary N) is 1. The first-order valence-corrected chi connectivity index (χ1v) is 6.97. The van der Waals surface area contributed by atoms with Crippen LogP contribution in [0.5, 0.6) is 0 Å². The highest BCUT2D eigenvalue weighted by molar-refractivity contribution is 5.79. The number of rotatable bonds is 11. The molecule has 1 amide bonds. The second-order valence-corrected chi connectivity index (χ2v) is 4.95. The third-order valence-corrected chi connectivity index (χ3v) is 3.07. The fourth-order valence-corrected chi connectivity index (χ4v) is 1.65. The summed E-state index contributed by atoms with van der Waals surface area (Å²) >= 11 is 0. The van der Waals surface area contributed by atoms with Crippen molar-refractivity contribution in [1.29, 1.82) is 0 Å². The number of carbonyl (C=O) groups is 3. The number of hydrogen-bond acceptors (Lipinski definition) is 7. The van der Waals surface area contributed by atoms with E-state index in [1.54, 1.807) is 24.3 Å². The van der Waals surface area contributed by atoms with E-state index in [9.17, 15) is 14.4 Å². The average molecular weight is 340 g/mol. The molecule has 1 rings (SSSR count). The number of nitrogens with zero attached hydrogens (tertiary/aromatic N) is 1. The molecule has 0 heterocycles. The minimum atomic E-state index is -1.20. The Balaban J connectivity index is 2.51. The molecule has 24 heavy (non-hydrogen) atoms. The number of benzene rings is 1. The molecule has 10 nitrogen and oxygen atoms in total. The molecule has 0 saturated carbocycles. The van der Waals surface area contributed by atoms with Gasteiger partial charge in [-0.25, -0.2) is 5.48 Å². The number of hydrogen-bond donors (Lipinski definition) is 5. The van der Waals surface area contributed by atoms with Crippen LogP contribution in [0.25, 0.3) is 0 Å². The van der Waals surface area contributed by atoms with Crippen molar-refractivity contribution < 1.29 is 29.4 Å². The molecule has 0 aliphatic heterocycles. The van der Waals surface area contributed by atoms with E-state index in [2.05, 4.69) is 5.48 Å². The van der Waals surface area contributed by atoms with E-state index in [0.29, 0.717) is 12.1 Å². The monoisotopic (exact) mass is 340 g/mol. The van der Waals surface area contributed by atoms with Crippen molar-refractivity contribution in [3.8, 4) is 0 Å². The fourth-order valence-electron chi connectivity index (χ4n) is 1.65. The maximum Gasteiger partial charge on any atom is 0.322 e. The molecule has 0 aliphatic rings. The van der Waals surface area contributed by atoms with Crippen molar-refractivity contribution >= 4 is 24.0 Å². The Bertz CT molecular complexity index is 565. The Morgan fingerprint density at radius 2 is 1.75 bits per heavy atom. The largest absolute Gasteiger partial charge is 0.480 e. The zero-order valence-corrected chi connectivity index (χ0v) is 12.8. The molecule has 132 valence electrons.